The van der Waals surface area contributed by atoms with Crippen molar-refractivity contribution in [1.82, 2.24) is 19.4 Å². The van der Waals surface area contributed by atoms with Gasteiger partial charge in [0.05, 0.1) is 11.0 Å². The number of aromatic nitrogens is 4. The highest BCUT2D eigenvalue weighted by molar-refractivity contribution is 5.78. The summed E-state index contributed by atoms with van der Waals surface area (Å²) in [5.74, 6) is 0.734. The Morgan fingerprint density at radius 2 is 1.76 bits per heavy atom. The quantitative estimate of drug-likeness (QED) is 0.524. The second-order valence-electron chi connectivity index (χ2n) is 5.77. The normalized spacial score (nSPS) is 11.2. The summed E-state index contributed by atoms with van der Waals surface area (Å²) in [6.45, 7) is 0. The number of benzene rings is 2. The van der Waals surface area contributed by atoms with Crippen molar-refractivity contribution >= 4 is 16.7 Å². The molecule has 0 saturated heterocycles. The van der Waals surface area contributed by atoms with Gasteiger partial charge in [0.2, 0.25) is 0 Å². The Hall–Kier alpha value is -3.60. The first-order valence-electron chi connectivity index (χ1n) is 8.01. The maximum absolute atomic E-state index is 5.84. The lowest BCUT2D eigenvalue weighted by molar-refractivity contribution is 0.449. The molecule has 5 rings (SSSR count). The lowest BCUT2D eigenvalue weighted by atomic mass is 10.1. The first-order valence-corrected chi connectivity index (χ1v) is 8.01. The van der Waals surface area contributed by atoms with E-state index < -0.39 is 0 Å². The number of hydrogen-bond acceptors (Lipinski definition) is 3. The maximum atomic E-state index is 5.84. The van der Waals surface area contributed by atoms with Crippen LogP contribution in [0.4, 0.5) is 0 Å². The molecule has 5 aromatic rings. The number of nitrogens with one attached hydrogen (secondary N) is 1. The average molecular weight is 326 g/mol. The summed E-state index contributed by atoms with van der Waals surface area (Å²) in [4.78, 5) is 12.0. The van der Waals surface area contributed by atoms with E-state index in [-0.39, 0.29) is 0 Å². The first-order chi connectivity index (χ1) is 12.4. The topological polar surface area (TPSA) is 55.2 Å². The summed E-state index contributed by atoms with van der Waals surface area (Å²) >= 11 is 0. The first kappa shape index (κ1) is 13.8. The molecule has 0 atom stereocenters. The fraction of sp³-hybridized carbons (Fsp3) is 0. The largest absolute Gasteiger partial charge is 0.426 e. The molecule has 0 fully saturated rings. The number of H-pyrrole nitrogens is 1. The van der Waals surface area contributed by atoms with Gasteiger partial charge in [-0.2, -0.15) is 4.98 Å². The monoisotopic (exact) mass is 326 g/mol. The van der Waals surface area contributed by atoms with Crippen molar-refractivity contribution in [2.75, 3.05) is 0 Å². The SMILES string of the molecule is c1ccc2[nH]c(Oc3ccc(-c4cccn5ccnc45)cc3)nc2c1. The molecule has 0 radical (unpaired) electrons. The lowest BCUT2D eigenvalue weighted by Gasteiger charge is -2.06. The van der Waals surface area contributed by atoms with Gasteiger partial charge in [-0.15, -0.1) is 0 Å². The van der Waals surface area contributed by atoms with Crippen LogP contribution < -0.4 is 4.74 Å². The van der Waals surface area contributed by atoms with Gasteiger partial charge < -0.3 is 14.1 Å². The molecule has 0 amide bonds. The number of nitrogens with zero attached hydrogens (tertiary/aromatic N) is 3. The molecular weight excluding hydrogens is 312 g/mol. The summed E-state index contributed by atoms with van der Waals surface area (Å²) in [5.41, 5.74) is 4.96. The number of pyridine rings is 1. The van der Waals surface area contributed by atoms with Crippen LogP contribution in [0.3, 0.4) is 0 Å². The Morgan fingerprint density at radius 3 is 2.64 bits per heavy atom. The molecule has 25 heavy (non-hydrogen) atoms. The third-order valence-corrected chi connectivity index (χ3v) is 4.17. The van der Waals surface area contributed by atoms with Crippen LogP contribution in [0.2, 0.25) is 0 Å². The molecule has 120 valence electrons. The summed E-state index contributed by atoms with van der Waals surface area (Å²) < 4.78 is 7.85. The lowest BCUT2D eigenvalue weighted by Crippen LogP contribution is -1.89. The highest BCUT2D eigenvalue weighted by Gasteiger charge is 2.07. The van der Waals surface area contributed by atoms with Crippen LogP contribution in [0.5, 0.6) is 11.8 Å². The number of ether oxygens (including phenoxy) is 1. The molecule has 5 nitrogen and oxygen atoms in total. The van der Waals surface area contributed by atoms with Crippen LogP contribution >= 0.6 is 0 Å². The number of aromatic amines is 1. The number of rotatable bonds is 3. The fourth-order valence-corrected chi connectivity index (χ4v) is 2.97. The second kappa shape index (κ2) is 5.49. The third-order valence-electron chi connectivity index (χ3n) is 4.17. The molecule has 1 N–H and O–H groups in total. The number of imidazole rings is 2. The Bertz CT molecular complexity index is 1140. The van der Waals surface area contributed by atoms with Crippen LogP contribution in [-0.2, 0) is 0 Å². The van der Waals surface area contributed by atoms with Crippen LogP contribution in [-0.4, -0.2) is 19.4 Å². The third kappa shape index (κ3) is 2.42. The van der Waals surface area contributed by atoms with Gasteiger partial charge in [0, 0.05) is 24.2 Å². The number of fused-ring (bicyclic) bond motifs is 2. The van der Waals surface area contributed by atoms with Gasteiger partial charge in [-0.3, -0.25) is 0 Å². The Morgan fingerprint density at radius 1 is 0.880 bits per heavy atom. The molecule has 0 spiro atoms. The Kier molecular flexibility index (Phi) is 3.03. The van der Waals surface area contributed by atoms with Crippen molar-refractivity contribution in [3.63, 3.8) is 0 Å². The van der Waals surface area contributed by atoms with Gasteiger partial charge in [-0.25, -0.2) is 4.98 Å². The summed E-state index contributed by atoms with van der Waals surface area (Å²) in [5, 5.41) is 0. The molecule has 3 aromatic heterocycles. The van der Waals surface area contributed by atoms with E-state index in [0.29, 0.717) is 6.01 Å². The molecule has 5 heteroatoms. The number of hydrogen-bond donors (Lipinski definition) is 1. The van der Waals surface area contributed by atoms with E-state index in [1.807, 2.05) is 71.4 Å². The van der Waals surface area contributed by atoms with Crippen LogP contribution in [0.15, 0.2) is 79.3 Å². The molecule has 2 aromatic carbocycles. The minimum atomic E-state index is 0.490. The second-order valence-corrected chi connectivity index (χ2v) is 5.77. The van der Waals surface area contributed by atoms with Gasteiger partial charge in [-0.1, -0.05) is 24.3 Å². The van der Waals surface area contributed by atoms with Gasteiger partial charge in [-0.05, 0) is 42.0 Å². The summed E-state index contributed by atoms with van der Waals surface area (Å²) in [6, 6.07) is 20.4. The van der Waals surface area contributed by atoms with Crippen molar-refractivity contribution < 1.29 is 4.74 Å². The van der Waals surface area contributed by atoms with E-state index >= 15 is 0 Å². The van der Waals surface area contributed by atoms with E-state index in [2.05, 4.69) is 21.0 Å². The van der Waals surface area contributed by atoms with Crippen LogP contribution in [0.1, 0.15) is 0 Å². The molecular formula is C20H14N4O. The van der Waals surface area contributed by atoms with E-state index in [1.54, 1.807) is 6.20 Å². The maximum Gasteiger partial charge on any atom is 0.300 e. The van der Waals surface area contributed by atoms with E-state index in [1.165, 1.54) is 0 Å². The van der Waals surface area contributed by atoms with Crippen molar-refractivity contribution in [1.29, 1.82) is 0 Å². The smallest absolute Gasteiger partial charge is 0.300 e. The molecule has 0 bridgehead atoms. The Labute approximate surface area is 143 Å². The van der Waals surface area contributed by atoms with Crippen molar-refractivity contribution in [2.45, 2.75) is 0 Å². The zero-order chi connectivity index (χ0) is 16.6. The van der Waals surface area contributed by atoms with Gasteiger partial charge in [0.25, 0.3) is 6.01 Å². The predicted octanol–water partition coefficient (Wildman–Crippen LogP) is 4.67. The van der Waals surface area contributed by atoms with Crippen molar-refractivity contribution in [3.05, 3.63) is 79.3 Å². The van der Waals surface area contributed by atoms with Crippen molar-refractivity contribution in [3.8, 4) is 22.9 Å². The molecule has 0 unspecified atom stereocenters. The molecule has 0 aliphatic rings. The standard InChI is InChI=1S/C20H14N4O/c1-2-6-18-17(5-1)22-20(23-18)25-15-9-7-14(8-10-15)16-4-3-12-24-13-11-21-19(16)24/h1-13H,(H,22,23). The molecule has 0 aliphatic carbocycles. The molecule has 3 heterocycles. The zero-order valence-electron chi connectivity index (χ0n) is 13.3. The van der Waals surface area contributed by atoms with E-state index in [4.69, 9.17) is 4.74 Å². The van der Waals surface area contributed by atoms with Gasteiger partial charge >= 0.3 is 0 Å². The molecule has 0 saturated carbocycles. The van der Waals surface area contributed by atoms with Crippen LogP contribution in [0.25, 0.3) is 27.8 Å². The zero-order valence-corrected chi connectivity index (χ0v) is 13.3. The van der Waals surface area contributed by atoms with Gasteiger partial charge in [0.1, 0.15) is 11.4 Å². The summed E-state index contributed by atoms with van der Waals surface area (Å²) in [7, 11) is 0. The minimum Gasteiger partial charge on any atom is -0.426 e. The minimum absolute atomic E-state index is 0.490. The van der Waals surface area contributed by atoms with Crippen LogP contribution in [0, 0.1) is 0 Å². The summed E-state index contributed by atoms with van der Waals surface area (Å²) in [6.07, 6.45) is 5.74. The van der Waals surface area contributed by atoms with Gasteiger partial charge in [0.15, 0.2) is 0 Å². The van der Waals surface area contributed by atoms with E-state index in [9.17, 15) is 0 Å². The van der Waals surface area contributed by atoms with Crippen molar-refractivity contribution in [2.24, 2.45) is 0 Å². The van der Waals surface area contributed by atoms with E-state index in [0.717, 1.165) is 33.6 Å². The fourth-order valence-electron chi connectivity index (χ4n) is 2.97. The number of para-hydroxylation sites is 2. The highest BCUT2D eigenvalue weighted by atomic mass is 16.5. The molecule has 0 aliphatic heterocycles. The Balaban J connectivity index is 1.46. The predicted molar refractivity (Wildman–Crippen MR) is 96.8 cm³/mol. The average Bonchev–Trinajstić information content (AvgIpc) is 3.28. The highest BCUT2D eigenvalue weighted by Crippen LogP contribution is 2.27.